The summed E-state index contributed by atoms with van der Waals surface area (Å²) in [5, 5.41) is 3.14. The number of alkyl halides is 3. The number of nitrogens with zero attached hydrogens (tertiary/aromatic N) is 1. The van der Waals surface area contributed by atoms with Crippen molar-refractivity contribution in [1.29, 1.82) is 0 Å². The molecule has 0 aliphatic carbocycles. The van der Waals surface area contributed by atoms with Crippen molar-refractivity contribution in [1.82, 2.24) is 10.2 Å². The largest absolute Gasteiger partial charge is 0.484 e. The van der Waals surface area contributed by atoms with Crippen LogP contribution in [-0.4, -0.2) is 49.8 Å². The Bertz CT molecular complexity index is 459. The van der Waals surface area contributed by atoms with Gasteiger partial charge in [-0.15, -0.1) is 12.4 Å². The molecule has 1 aromatic rings. The summed E-state index contributed by atoms with van der Waals surface area (Å²) in [7, 11) is 0. The average Bonchev–Trinajstić information content (AvgIpc) is 2.45. The van der Waals surface area contributed by atoms with E-state index in [1.165, 1.54) is 24.3 Å². The lowest BCUT2D eigenvalue weighted by Crippen LogP contribution is -2.46. The van der Waals surface area contributed by atoms with Gasteiger partial charge in [-0.1, -0.05) is 0 Å². The van der Waals surface area contributed by atoms with E-state index in [0.29, 0.717) is 18.7 Å². The van der Waals surface area contributed by atoms with Crippen LogP contribution in [0.5, 0.6) is 5.75 Å². The van der Waals surface area contributed by atoms with Crippen LogP contribution >= 0.6 is 12.4 Å². The molecule has 1 aliphatic heterocycles. The second kappa shape index (κ2) is 7.51. The van der Waals surface area contributed by atoms with Gasteiger partial charge in [0.15, 0.2) is 6.61 Å². The minimum Gasteiger partial charge on any atom is -0.484 e. The number of amides is 1. The van der Waals surface area contributed by atoms with Gasteiger partial charge in [-0.25, -0.2) is 0 Å². The van der Waals surface area contributed by atoms with E-state index in [4.69, 9.17) is 0 Å². The Morgan fingerprint density at radius 1 is 1.19 bits per heavy atom. The normalized spacial score (nSPS) is 15.3. The summed E-state index contributed by atoms with van der Waals surface area (Å²) < 4.78 is 40.6. The lowest BCUT2D eigenvalue weighted by atomic mass is 10.2. The first-order valence-electron chi connectivity index (χ1n) is 6.25. The zero-order valence-corrected chi connectivity index (χ0v) is 12.0. The van der Waals surface area contributed by atoms with Crippen LogP contribution in [0.15, 0.2) is 24.3 Å². The predicted molar refractivity (Wildman–Crippen MR) is 74.0 cm³/mol. The topological polar surface area (TPSA) is 41.6 Å². The fourth-order valence-electron chi connectivity index (χ4n) is 1.91. The highest BCUT2D eigenvalue weighted by atomic mass is 35.5. The maximum Gasteiger partial charge on any atom is 0.422 e. The molecule has 21 heavy (non-hydrogen) atoms. The molecule has 0 spiro atoms. The molecule has 2 rings (SSSR count). The van der Waals surface area contributed by atoms with E-state index in [2.05, 4.69) is 10.1 Å². The molecular weight excluding hydrogens is 309 g/mol. The number of nitrogens with one attached hydrogen (secondary N) is 1. The maximum atomic E-state index is 12.1. The highest BCUT2D eigenvalue weighted by Gasteiger charge is 2.28. The summed E-state index contributed by atoms with van der Waals surface area (Å²) in [6.07, 6.45) is -4.37. The second-order valence-electron chi connectivity index (χ2n) is 4.47. The molecule has 0 saturated carbocycles. The molecule has 1 amide bonds. The van der Waals surface area contributed by atoms with Gasteiger partial charge < -0.3 is 15.0 Å². The van der Waals surface area contributed by atoms with Gasteiger partial charge in [0.05, 0.1) is 0 Å². The molecule has 1 heterocycles. The van der Waals surface area contributed by atoms with Gasteiger partial charge >= 0.3 is 6.18 Å². The first-order chi connectivity index (χ1) is 9.46. The molecule has 1 N–H and O–H groups in total. The summed E-state index contributed by atoms with van der Waals surface area (Å²) in [5.41, 5.74) is 0.450. The summed E-state index contributed by atoms with van der Waals surface area (Å²) in [5.74, 6) is -0.0203. The first kappa shape index (κ1) is 17.6. The number of halogens is 4. The average molecular weight is 325 g/mol. The first-order valence-corrected chi connectivity index (χ1v) is 6.25. The van der Waals surface area contributed by atoms with Gasteiger partial charge in [0, 0.05) is 31.7 Å². The van der Waals surface area contributed by atoms with E-state index in [1.54, 1.807) is 4.90 Å². The summed E-state index contributed by atoms with van der Waals surface area (Å²) in [6, 6.07) is 5.72. The Balaban J connectivity index is 0.00000220. The monoisotopic (exact) mass is 324 g/mol. The number of carbonyl (C=O) groups is 1. The summed E-state index contributed by atoms with van der Waals surface area (Å²) >= 11 is 0. The number of carbonyl (C=O) groups excluding carboxylic acids is 1. The van der Waals surface area contributed by atoms with E-state index >= 15 is 0 Å². The number of piperazine rings is 1. The Hall–Kier alpha value is -1.47. The van der Waals surface area contributed by atoms with Gasteiger partial charge in [-0.2, -0.15) is 13.2 Å². The molecule has 1 aromatic carbocycles. The van der Waals surface area contributed by atoms with Crippen LogP contribution in [0.3, 0.4) is 0 Å². The maximum absolute atomic E-state index is 12.1. The van der Waals surface area contributed by atoms with Crippen LogP contribution in [-0.2, 0) is 0 Å². The van der Waals surface area contributed by atoms with Crippen molar-refractivity contribution in [2.45, 2.75) is 6.18 Å². The molecule has 1 aliphatic rings. The van der Waals surface area contributed by atoms with Crippen LogP contribution in [0.2, 0.25) is 0 Å². The minimum absolute atomic E-state index is 0. The number of hydrogen-bond acceptors (Lipinski definition) is 3. The lowest BCUT2D eigenvalue weighted by molar-refractivity contribution is -0.153. The fourth-order valence-corrected chi connectivity index (χ4v) is 1.91. The smallest absolute Gasteiger partial charge is 0.422 e. The Morgan fingerprint density at radius 2 is 1.76 bits per heavy atom. The third kappa shape index (κ3) is 5.43. The Kier molecular flexibility index (Phi) is 6.29. The van der Waals surface area contributed by atoms with Crippen molar-refractivity contribution >= 4 is 18.3 Å². The number of hydrogen-bond donors (Lipinski definition) is 1. The zero-order chi connectivity index (χ0) is 14.6. The molecule has 0 bridgehead atoms. The number of benzene rings is 1. The van der Waals surface area contributed by atoms with Crippen molar-refractivity contribution in [2.24, 2.45) is 0 Å². The molecule has 4 nitrogen and oxygen atoms in total. The van der Waals surface area contributed by atoms with Gasteiger partial charge in [0.1, 0.15) is 5.75 Å². The van der Waals surface area contributed by atoms with E-state index in [1.807, 2.05) is 0 Å². The standard InChI is InChI=1S/C13H15F3N2O2.ClH/c14-13(15,16)9-20-11-3-1-10(2-4-11)12(19)18-7-5-17-6-8-18;/h1-4,17H,5-9H2;1H. The van der Waals surface area contributed by atoms with Crippen LogP contribution in [0.1, 0.15) is 10.4 Å². The van der Waals surface area contributed by atoms with E-state index < -0.39 is 12.8 Å². The van der Waals surface area contributed by atoms with E-state index in [-0.39, 0.29) is 24.1 Å². The summed E-state index contributed by atoms with van der Waals surface area (Å²) in [4.78, 5) is 13.8. The van der Waals surface area contributed by atoms with Crippen LogP contribution in [0.25, 0.3) is 0 Å². The molecule has 118 valence electrons. The van der Waals surface area contributed by atoms with Gasteiger partial charge in [-0.05, 0) is 24.3 Å². The van der Waals surface area contributed by atoms with Crippen LogP contribution < -0.4 is 10.1 Å². The predicted octanol–water partition coefficient (Wildman–Crippen LogP) is 2.09. The number of ether oxygens (including phenoxy) is 1. The van der Waals surface area contributed by atoms with Crippen molar-refractivity contribution in [3.63, 3.8) is 0 Å². The second-order valence-corrected chi connectivity index (χ2v) is 4.47. The lowest BCUT2D eigenvalue weighted by Gasteiger charge is -2.27. The Morgan fingerprint density at radius 3 is 2.29 bits per heavy atom. The number of rotatable bonds is 3. The molecule has 1 saturated heterocycles. The van der Waals surface area contributed by atoms with E-state index in [0.717, 1.165) is 13.1 Å². The molecule has 0 aromatic heterocycles. The van der Waals surface area contributed by atoms with Gasteiger partial charge in [0.25, 0.3) is 5.91 Å². The molecule has 0 unspecified atom stereocenters. The van der Waals surface area contributed by atoms with E-state index in [9.17, 15) is 18.0 Å². The Labute approximate surface area is 126 Å². The molecule has 0 radical (unpaired) electrons. The zero-order valence-electron chi connectivity index (χ0n) is 11.2. The highest BCUT2D eigenvalue weighted by Crippen LogP contribution is 2.19. The van der Waals surface area contributed by atoms with Crippen molar-refractivity contribution in [3.8, 4) is 5.75 Å². The third-order valence-corrected chi connectivity index (χ3v) is 2.91. The molecule has 8 heteroatoms. The van der Waals surface area contributed by atoms with Gasteiger partial charge in [0.2, 0.25) is 0 Å². The van der Waals surface area contributed by atoms with Crippen molar-refractivity contribution in [3.05, 3.63) is 29.8 Å². The van der Waals surface area contributed by atoms with Crippen molar-refractivity contribution in [2.75, 3.05) is 32.8 Å². The van der Waals surface area contributed by atoms with Crippen LogP contribution in [0, 0.1) is 0 Å². The minimum atomic E-state index is -4.37. The quantitative estimate of drug-likeness (QED) is 0.926. The van der Waals surface area contributed by atoms with Gasteiger partial charge in [-0.3, -0.25) is 4.79 Å². The van der Waals surface area contributed by atoms with Crippen molar-refractivity contribution < 1.29 is 22.7 Å². The fraction of sp³-hybridized carbons (Fsp3) is 0.462. The van der Waals surface area contributed by atoms with Crippen LogP contribution in [0.4, 0.5) is 13.2 Å². The molecular formula is C13H16ClF3N2O2. The SMILES string of the molecule is Cl.O=C(c1ccc(OCC(F)(F)F)cc1)N1CCNCC1. The molecule has 0 atom stereocenters. The highest BCUT2D eigenvalue weighted by molar-refractivity contribution is 5.94. The summed E-state index contributed by atoms with van der Waals surface area (Å²) in [6.45, 7) is 1.42. The third-order valence-electron chi connectivity index (χ3n) is 2.91. The molecule has 1 fully saturated rings.